The van der Waals surface area contributed by atoms with Gasteiger partial charge in [0.25, 0.3) is 11.8 Å². The lowest BCUT2D eigenvalue weighted by atomic mass is 9.81. The van der Waals surface area contributed by atoms with Gasteiger partial charge in [-0.1, -0.05) is 85.3 Å². The maximum Gasteiger partial charge on any atom is 0.261 e. The second-order valence-corrected chi connectivity index (χ2v) is 16.0. The summed E-state index contributed by atoms with van der Waals surface area (Å²) in [5.74, 6) is 0.320. The minimum atomic E-state index is -0.815. The Labute approximate surface area is 351 Å². The number of fused-ring (bicyclic) bond motifs is 1. The monoisotopic (exact) mass is 821 g/mol. The normalized spacial score (nSPS) is 19.4. The maximum atomic E-state index is 14.6. The Hall–Kier alpha value is -5.69. The highest BCUT2D eigenvalue weighted by Crippen LogP contribution is 2.33. The molecule has 1 aliphatic carbocycles. The molecule has 0 bridgehead atoms. The van der Waals surface area contributed by atoms with Crippen LogP contribution in [-0.4, -0.2) is 97.4 Å². The number of likely N-dealkylation sites (tertiary alicyclic amines) is 1. The molecule has 13 heteroatoms. The molecule has 6 rings (SSSR count). The summed E-state index contributed by atoms with van der Waals surface area (Å²) in [5, 5.41) is 7.70. The van der Waals surface area contributed by atoms with Crippen molar-refractivity contribution in [2.75, 3.05) is 34.3 Å². The number of rotatable bonds is 17. The Morgan fingerprint density at radius 3 is 2.17 bits per heavy atom. The Bertz CT molecular complexity index is 1940. The quantitative estimate of drug-likeness (QED) is 0.0938. The van der Waals surface area contributed by atoms with Crippen molar-refractivity contribution in [1.82, 2.24) is 25.8 Å². The van der Waals surface area contributed by atoms with E-state index in [1.807, 2.05) is 66.7 Å². The topological polar surface area (TPSA) is 154 Å². The molecule has 1 saturated heterocycles. The van der Waals surface area contributed by atoms with E-state index < -0.39 is 17.3 Å². The number of unbranched alkanes of at least 4 members (excludes halogenated alkanes) is 1. The number of allylic oxidation sites excluding steroid dienone is 4. The van der Waals surface area contributed by atoms with Crippen molar-refractivity contribution in [3.8, 4) is 5.75 Å². The lowest BCUT2D eigenvalue weighted by Gasteiger charge is -2.32. The van der Waals surface area contributed by atoms with Gasteiger partial charge in [-0.2, -0.15) is 0 Å². The van der Waals surface area contributed by atoms with Crippen LogP contribution in [0.4, 0.5) is 0 Å². The molecule has 12 nitrogen and oxygen atoms in total. The molecule has 1 fully saturated rings. The van der Waals surface area contributed by atoms with Crippen molar-refractivity contribution < 1.29 is 33.5 Å². The fourth-order valence-electron chi connectivity index (χ4n) is 7.77. The molecular formula is C46H55N5O7S. The molecule has 2 heterocycles. The molecule has 5 atom stereocenters. The van der Waals surface area contributed by atoms with Crippen LogP contribution in [0.2, 0.25) is 0 Å². The first-order valence-electron chi connectivity index (χ1n) is 20.2. The third kappa shape index (κ3) is 11.9. The van der Waals surface area contributed by atoms with Crippen molar-refractivity contribution in [2.24, 2.45) is 11.8 Å². The molecule has 4 unspecified atom stereocenters. The molecule has 3 aromatic carbocycles. The summed E-state index contributed by atoms with van der Waals surface area (Å²) in [6, 6.07) is 22.7. The summed E-state index contributed by atoms with van der Waals surface area (Å²) in [5.41, 5.74) is 2.81. The van der Waals surface area contributed by atoms with E-state index in [1.165, 1.54) is 16.7 Å². The summed E-state index contributed by atoms with van der Waals surface area (Å²) in [6.07, 6.45) is 13.0. The van der Waals surface area contributed by atoms with Gasteiger partial charge in [-0.05, 0) is 79.3 Å². The Kier molecular flexibility index (Phi) is 16.9. The van der Waals surface area contributed by atoms with Crippen LogP contribution in [0.5, 0.6) is 5.75 Å². The summed E-state index contributed by atoms with van der Waals surface area (Å²) in [4.78, 5) is 80.4. The molecule has 6 amide bonds. The minimum Gasteiger partial charge on any atom is -0.497 e. The van der Waals surface area contributed by atoms with Crippen LogP contribution in [0, 0.1) is 11.8 Å². The largest absolute Gasteiger partial charge is 0.497 e. The van der Waals surface area contributed by atoms with E-state index in [0.717, 1.165) is 23.3 Å². The fraction of sp³-hybridized carbons (Fsp3) is 0.391. The minimum absolute atomic E-state index is 0.118. The number of amides is 6. The lowest BCUT2D eigenvalue weighted by molar-refractivity contribution is -0.142. The second kappa shape index (κ2) is 22.5. The molecule has 0 saturated carbocycles. The molecule has 0 spiro atoms. The van der Waals surface area contributed by atoms with Gasteiger partial charge in [0.15, 0.2) is 0 Å². The van der Waals surface area contributed by atoms with Gasteiger partial charge in [0.05, 0.1) is 23.5 Å². The molecule has 3 N–H and O–H groups in total. The lowest BCUT2D eigenvalue weighted by Crippen LogP contribution is -2.56. The number of thioether (sulfide) groups is 1. The first-order chi connectivity index (χ1) is 28.7. The van der Waals surface area contributed by atoms with Gasteiger partial charge in [-0.3, -0.25) is 33.7 Å². The van der Waals surface area contributed by atoms with Gasteiger partial charge in [-0.25, -0.2) is 0 Å². The third-order valence-corrected chi connectivity index (χ3v) is 12.3. The van der Waals surface area contributed by atoms with Crippen molar-refractivity contribution in [3.05, 3.63) is 125 Å². The zero-order valence-electron chi connectivity index (χ0n) is 34.0. The highest BCUT2D eigenvalue weighted by Gasteiger charge is 2.40. The van der Waals surface area contributed by atoms with E-state index in [1.54, 1.807) is 50.4 Å². The highest BCUT2D eigenvalue weighted by atomic mass is 32.2. The number of carbonyl (C=O) groups is 6. The van der Waals surface area contributed by atoms with Gasteiger partial charge in [0.2, 0.25) is 24.1 Å². The van der Waals surface area contributed by atoms with E-state index in [9.17, 15) is 24.0 Å². The van der Waals surface area contributed by atoms with Crippen molar-refractivity contribution in [3.63, 3.8) is 0 Å². The summed E-state index contributed by atoms with van der Waals surface area (Å²) in [7, 11) is 4.77. The molecule has 0 radical (unpaired) electrons. The van der Waals surface area contributed by atoms with E-state index >= 15 is 0 Å². The molecule has 3 aliphatic rings. The molecule has 3 aromatic rings. The predicted molar refractivity (Wildman–Crippen MR) is 230 cm³/mol. The third-order valence-electron chi connectivity index (χ3n) is 11.0. The van der Waals surface area contributed by atoms with Gasteiger partial charge in [0.1, 0.15) is 17.8 Å². The number of methoxy groups -OCH3 is 1. The number of hydrogen-bond acceptors (Lipinski definition) is 8. The van der Waals surface area contributed by atoms with Crippen LogP contribution in [0.3, 0.4) is 0 Å². The van der Waals surface area contributed by atoms with Crippen molar-refractivity contribution in [2.45, 2.75) is 68.0 Å². The summed E-state index contributed by atoms with van der Waals surface area (Å²) < 4.78 is 5.32. The van der Waals surface area contributed by atoms with Crippen LogP contribution < -0.4 is 20.7 Å². The maximum absolute atomic E-state index is 14.6. The number of likely N-dealkylation sites (N-methyl/N-ethyl adjacent to an activating group) is 1. The van der Waals surface area contributed by atoms with Gasteiger partial charge >= 0.3 is 0 Å². The number of ether oxygens (including phenoxy) is 1. The second-order valence-electron chi connectivity index (χ2n) is 14.8. The van der Waals surface area contributed by atoms with Crippen molar-refractivity contribution in [1.29, 1.82) is 0 Å². The first-order valence-corrected chi connectivity index (χ1v) is 21.2. The first kappa shape index (κ1) is 44.4. The predicted octanol–water partition coefficient (Wildman–Crippen LogP) is 5.34. The number of nitrogens with one attached hydrogen (secondary N) is 3. The Morgan fingerprint density at radius 1 is 0.881 bits per heavy atom. The van der Waals surface area contributed by atoms with Gasteiger partial charge in [-0.15, -0.1) is 11.8 Å². The molecule has 2 aliphatic heterocycles. The standard InChI is InChI=1S/C44H50N4O6S.C2H5NO/c1-45-40(49)38(27-30-13-5-3-6-14-30)47-26-24-33(32-15-7-4-8-16-32)28-37(44(47)53)46-41(50)39(55-29-31-20-22-34(54-2)23-21-31)19-11-12-25-48-42(51)35-17-9-10-18-36(35)43(48)52;1-3-2-4/h3-10,13-15,17-18,20-23,32-33,37-39H,11-12,16,19,24-29H2,1-2H3,(H,45,49)(H,46,50);2H,1H3,(H,3,4)/t32-,33?,37?,38?,39?;/m1./s1. The van der Waals surface area contributed by atoms with Gasteiger partial charge in [0, 0.05) is 39.4 Å². The average Bonchev–Trinajstić information content (AvgIpc) is 3.40. The Morgan fingerprint density at radius 2 is 1.56 bits per heavy atom. The zero-order chi connectivity index (χ0) is 42.1. The molecule has 59 heavy (non-hydrogen) atoms. The van der Waals surface area contributed by atoms with Crippen LogP contribution >= 0.6 is 11.8 Å². The SMILES string of the molecule is CNC(=O)C(Cc1ccccc1)N1CCC([C@@H]2C=CC=CC2)CC(NC(=O)C(CCCCN2C(=O)c3ccccc3C2=O)SCc2ccc(OC)cc2)C1=O.CNC=O. The number of hydrogen-bond donors (Lipinski definition) is 3. The average molecular weight is 822 g/mol. The molecule has 0 aromatic heterocycles. The van der Waals surface area contributed by atoms with E-state index in [2.05, 4.69) is 28.1 Å². The van der Waals surface area contributed by atoms with E-state index in [-0.39, 0.29) is 47.9 Å². The van der Waals surface area contributed by atoms with E-state index in [4.69, 9.17) is 9.53 Å². The summed E-state index contributed by atoms with van der Waals surface area (Å²) >= 11 is 1.50. The van der Waals surface area contributed by atoms with Crippen LogP contribution in [-0.2, 0) is 31.4 Å². The fourth-order valence-corrected chi connectivity index (χ4v) is 8.91. The van der Waals surface area contributed by atoms with Crippen molar-refractivity contribution >= 4 is 47.7 Å². The summed E-state index contributed by atoms with van der Waals surface area (Å²) in [6.45, 7) is 0.662. The molecule has 312 valence electrons. The number of imide groups is 1. The number of benzene rings is 3. The van der Waals surface area contributed by atoms with E-state index in [0.29, 0.717) is 68.4 Å². The number of nitrogens with zero attached hydrogens (tertiary/aromatic N) is 2. The van der Waals surface area contributed by atoms with Gasteiger partial charge < -0.3 is 25.6 Å². The smallest absolute Gasteiger partial charge is 0.261 e. The number of carbonyl (C=O) groups excluding carboxylic acids is 6. The Balaban J connectivity index is 0.00000158. The highest BCUT2D eigenvalue weighted by molar-refractivity contribution is 7.99. The molecular weight excluding hydrogens is 767 g/mol. The van der Waals surface area contributed by atoms with Crippen LogP contribution in [0.15, 0.2) is 103 Å². The van der Waals surface area contributed by atoms with Crippen LogP contribution in [0.25, 0.3) is 0 Å². The van der Waals surface area contributed by atoms with Crippen LogP contribution in [0.1, 0.15) is 70.4 Å². The zero-order valence-corrected chi connectivity index (χ0v) is 34.8.